The molecule has 0 aliphatic rings. The Labute approximate surface area is 110 Å². The first-order chi connectivity index (χ1) is 9.13. The molecule has 0 aromatic heterocycles. The van der Waals surface area contributed by atoms with Gasteiger partial charge in [0.05, 0.1) is 7.11 Å². The molecule has 2 aromatic rings. The summed E-state index contributed by atoms with van der Waals surface area (Å²) in [4.78, 5) is 21.8. The molecule has 0 saturated heterocycles. The molecule has 0 spiro atoms. The number of fused-ring (bicyclic) bond motifs is 1. The van der Waals surface area contributed by atoms with E-state index >= 15 is 0 Å². The summed E-state index contributed by atoms with van der Waals surface area (Å²) in [5, 5.41) is 1.82. The van der Waals surface area contributed by atoms with Gasteiger partial charge in [-0.1, -0.05) is 6.07 Å². The lowest BCUT2D eigenvalue weighted by atomic mass is 10.0. The minimum Gasteiger partial charge on any atom is -0.497 e. The summed E-state index contributed by atoms with van der Waals surface area (Å²) in [7, 11) is 1.59. The highest BCUT2D eigenvalue weighted by Crippen LogP contribution is 2.29. The smallest absolute Gasteiger partial charge is 0.308 e. The number of esters is 1. The number of methoxy groups -OCH3 is 1. The largest absolute Gasteiger partial charge is 0.497 e. The highest BCUT2D eigenvalue weighted by Gasteiger charge is 2.07. The van der Waals surface area contributed by atoms with E-state index in [0.29, 0.717) is 11.5 Å². The number of hydrogen-bond donors (Lipinski definition) is 0. The first-order valence-electron chi connectivity index (χ1n) is 5.86. The standard InChI is InChI=1S/C15H14O4/c1-10(17)19-14-7-11(5-6-16)15-4-3-13(18-2)8-12(15)9-14/h3-4,6-9H,5H2,1-2H3. The molecule has 0 unspecified atom stereocenters. The summed E-state index contributed by atoms with van der Waals surface area (Å²) in [6, 6.07) is 9.04. The van der Waals surface area contributed by atoms with Gasteiger partial charge in [0.1, 0.15) is 17.8 Å². The zero-order valence-electron chi connectivity index (χ0n) is 10.8. The van der Waals surface area contributed by atoms with E-state index in [1.54, 1.807) is 19.2 Å². The first-order valence-corrected chi connectivity index (χ1v) is 5.86. The lowest BCUT2D eigenvalue weighted by Gasteiger charge is -2.09. The molecule has 0 N–H and O–H groups in total. The molecule has 4 nitrogen and oxygen atoms in total. The third kappa shape index (κ3) is 2.91. The Morgan fingerprint density at radius 2 is 1.95 bits per heavy atom. The highest BCUT2D eigenvalue weighted by molar-refractivity contribution is 5.90. The minimum atomic E-state index is -0.390. The van der Waals surface area contributed by atoms with Gasteiger partial charge < -0.3 is 14.3 Å². The van der Waals surface area contributed by atoms with Crippen molar-refractivity contribution in [3.05, 3.63) is 35.9 Å². The number of carbonyl (C=O) groups excluding carboxylic acids is 2. The molecule has 2 rings (SSSR count). The number of ether oxygens (including phenoxy) is 2. The summed E-state index contributed by atoms with van der Waals surface area (Å²) in [6.07, 6.45) is 1.11. The van der Waals surface area contributed by atoms with Crippen molar-refractivity contribution in [3.8, 4) is 11.5 Å². The molecule has 0 aliphatic carbocycles. The van der Waals surface area contributed by atoms with Crippen LogP contribution in [-0.2, 0) is 16.0 Å². The fourth-order valence-corrected chi connectivity index (χ4v) is 2.01. The van der Waals surface area contributed by atoms with Gasteiger partial charge in [-0.3, -0.25) is 4.79 Å². The average Bonchev–Trinajstić information content (AvgIpc) is 2.37. The Bertz CT molecular complexity index is 631. The third-order valence-corrected chi connectivity index (χ3v) is 2.78. The Morgan fingerprint density at radius 1 is 1.21 bits per heavy atom. The molecule has 19 heavy (non-hydrogen) atoms. The molecule has 0 amide bonds. The third-order valence-electron chi connectivity index (χ3n) is 2.78. The summed E-state index contributed by atoms with van der Waals surface area (Å²) in [5.74, 6) is 0.758. The van der Waals surface area contributed by atoms with Crippen molar-refractivity contribution in [3.63, 3.8) is 0 Å². The van der Waals surface area contributed by atoms with Gasteiger partial charge in [0.2, 0.25) is 0 Å². The van der Waals surface area contributed by atoms with Crippen LogP contribution < -0.4 is 9.47 Å². The Kier molecular flexibility index (Phi) is 3.80. The number of aldehydes is 1. The summed E-state index contributed by atoms with van der Waals surface area (Å²) in [6.45, 7) is 1.34. The van der Waals surface area contributed by atoms with Crippen LogP contribution in [0.25, 0.3) is 10.8 Å². The first kappa shape index (κ1) is 13.1. The van der Waals surface area contributed by atoms with Crippen LogP contribution in [0, 0.1) is 0 Å². The van der Waals surface area contributed by atoms with Gasteiger partial charge in [-0.2, -0.15) is 0 Å². The van der Waals surface area contributed by atoms with Gasteiger partial charge in [-0.25, -0.2) is 0 Å². The zero-order valence-corrected chi connectivity index (χ0v) is 10.8. The van der Waals surface area contributed by atoms with E-state index in [0.717, 1.165) is 22.6 Å². The molecule has 0 radical (unpaired) electrons. The number of rotatable bonds is 4. The van der Waals surface area contributed by atoms with E-state index in [-0.39, 0.29) is 12.4 Å². The molecule has 4 heteroatoms. The average molecular weight is 258 g/mol. The van der Waals surface area contributed by atoms with E-state index in [1.165, 1.54) is 6.92 Å². The van der Waals surface area contributed by atoms with E-state index < -0.39 is 0 Å². The van der Waals surface area contributed by atoms with Gasteiger partial charge in [0.15, 0.2) is 0 Å². The van der Waals surface area contributed by atoms with E-state index in [2.05, 4.69) is 0 Å². The van der Waals surface area contributed by atoms with Gasteiger partial charge >= 0.3 is 5.97 Å². The molecule has 0 bridgehead atoms. The number of benzene rings is 2. The molecular formula is C15H14O4. The maximum absolute atomic E-state index is 11.0. The quantitative estimate of drug-likeness (QED) is 0.480. The fourth-order valence-electron chi connectivity index (χ4n) is 2.01. The van der Waals surface area contributed by atoms with Gasteiger partial charge in [-0.15, -0.1) is 0 Å². The summed E-state index contributed by atoms with van der Waals surface area (Å²) in [5.41, 5.74) is 0.825. The molecule has 98 valence electrons. The molecule has 0 aliphatic heterocycles. The predicted molar refractivity (Wildman–Crippen MR) is 71.6 cm³/mol. The Morgan fingerprint density at radius 3 is 2.58 bits per heavy atom. The van der Waals surface area contributed by atoms with Crippen LogP contribution in [0.2, 0.25) is 0 Å². The van der Waals surface area contributed by atoms with Gasteiger partial charge in [-0.05, 0) is 40.6 Å². The lowest BCUT2D eigenvalue weighted by Crippen LogP contribution is -2.02. The van der Waals surface area contributed by atoms with Crippen molar-refractivity contribution in [1.82, 2.24) is 0 Å². The maximum Gasteiger partial charge on any atom is 0.308 e. The second-order valence-electron chi connectivity index (χ2n) is 4.13. The SMILES string of the molecule is COc1ccc2c(CC=O)cc(OC(C)=O)cc2c1. The molecule has 2 aromatic carbocycles. The van der Waals surface area contributed by atoms with Crippen molar-refractivity contribution in [1.29, 1.82) is 0 Å². The van der Waals surface area contributed by atoms with Crippen LogP contribution in [-0.4, -0.2) is 19.4 Å². The number of carbonyl (C=O) groups is 2. The minimum absolute atomic E-state index is 0.276. The van der Waals surface area contributed by atoms with Crippen molar-refractivity contribution in [2.45, 2.75) is 13.3 Å². The van der Waals surface area contributed by atoms with Crippen molar-refractivity contribution in [2.75, 3.05) is 7.11 Å². The fraction of sp³-hybridized carbons (Fsp3) is 0.200. The topological polar surface area (TPSA) is 52.6 Å². The number of hydrogen-bond acceptors (Lipinski definition) is 4. The predicted octanol–water partition coefficient (Wildman–Crippen LogP) is 2.52. The van der Waals surface area contributed by atoms with Crippen LogP contribution in [0.1, 0.15) is 12.5 Å². The molecular weight excluding hydrogens is 244 g/mol. The van der Waals surface area contributed by atoms with Crippen molar-refractivity contribution in [2.24, 2.45) is 0 Å². The molecule has 0 atom stereocenters. The highest BCUT2D eigenvalue weighted by atomic mass is 16.5. The normalized spacial score (nSPS) is 10.2. The second kappa shape index (κ2) is 5.52. The molecule has 0 heterocycles. The van der Waals surface area contributed by atoms with E-state index in [4.69, 9.17) is 9.47 Å². The van der Waals surface area contributed by atoms with Crippen LogP contribution in [0.4, 0.5) is 0 Å². The van der Waals surface area contributed by atoms with Crippen LogP contribution in [0.3, 0.4) is 0 Å². The summed E-state index contributed by atoms with van der Waals surface area (Å²) < 4.78 is 10.3. The summed E-state index contributed by atoms with van der Waals surface area (Å²) >= 11 is 0. The molecule has 0 fully saturated rings. The van der Waals surface area contributed by atoms with Crippen LogP contribution in [0.15, 0.2) is 30.3 Å². The van der Waals surface area contributed by atoms with E-state index in [1.807, 2.05) is 18.2 Å². The van der Waals surface area contributed by atoms with Crippen LogP contribution >= 0.6 is 0 Å². The zero-order chi connectivity index (χ0) is 13.8. The van der Waals surface area contributed by atoms with Crippen LogP contribution in [0.5, 0.6) is 11.5 Å². The van der Waals surface area contributed by atoms with E-state index in [9.17, 15) is 9.59 Å². The van der Waals surface area contributed by atoms with Crippen molar-refractivity contribution >= 4 is 23.0 Å². The maximum atomic E-state index is 11.0. The molecule has 0 saturated carbocycles. The Balaban J connectivity index is 2.60. The Hall–Kier alpha value is -2.36. The lowest BCUT2D eigenvalue weighted by molar-refractivity contribution is -0.131. The van der Waals surface area contributed by atoms with Crippen molar-refractivity contribution < 1.29 is 19.1 Å². The van der Waals surface area contributed by atoms with Gasteiger partial charge in [0.25, 0.3) is 0 Å². The van der Waals surface area contributed by atoms with Gasteiger partial charge in [0, 0.05) is 13.3 Å². The monoisotopic (exact) mass is 258 g/mol. The second-order valence-corrected chi connectivity index (χ2v) is 4.13.